The Labute approximate surface area is 153 Å². The van der Waals surface area contributed by atoms with E-state index in [2.05, 4.69) is 84.4 Å². The number of hydrogen-bond donors (Lipinski definition) is 0. The van der Waals surface area contributed by atoms with Gasteiger partial charge in [0.05, 0.1) is 17.8 Å². The van der Waals surface area contributed by atoms with E-state index in [-0.39, 0.29) is 6.04 Å². The van der Waals surface area contributed by atoms with E-state index >= 15 is 0 Å². The predicted molar refractivity (Wildman–Crippen MR) is 106 cm³/mol. The van der Waals surface area contributed by atoms with Crippen LogP contribution in [0, 0.1) is 6.92 Å². The fraction of sp³-hybridized carbons (Fsp3) is 0.182. The van der Waals surface area contributed by atoms with E-state index in [4.69, 9.17) is 0 Å². The molecule has 0 spiro atoms. The number of rotatable bonds is 4. The van der Waals surface area contributed by atoms with Crippen molar-refractivity contribution in [3.63, 3.8) is 0 Å². The third kappa shape index (κ3) is 2.94. The van der Waals surface area contributed by atoms with Gasteiger partial charge in [-0.1, -0.05) is 36.4 Å². The van der Waals surface area contributed by atoms with Crippen molar-refractivity contribution in [1.82, 2.24) is 14.6 Å². The number of fused-ring (bicyclic) bond motifs is 1. The first-order valence-corrected chi connectivity index (χ1v) is 8.81. The minimum Gasteiger partial charge on any atom is -0.353 e. The first kappa shape index (κ1) is 16.3. The molecule has 4 heteroatoms. The van der Waals surface area contributed by atoms with Gasteiger partial charge in [0.25, 0.3) is 0 Å². The van der Waals surface area contributed by atoms with Gasteiger partial charge in [0.15, 0.2) is 0 Å². The smallest absolute Gasteiger partial charge is 0.128 e. The van der Waals surface area contributed by atoms with Gasteiger partial charge in [0, 0.05) is 25.0 Å². The molecule has 0 saturated heterocycles. The number of hydrogen-bond acceptors (Lipinski definition) is 3. The first-order valence-electron chi connectivity index (χ1n) is 8.81. The fourth-order valence-corrected chi connectivity index (χ4v) is 3.19. The highest BCUT2D eigenvalue weighted by molar-refractivity contribution is 5.80. The highest BCUT2D eigenvalue weighted by atomic mass is 15.2. The highest BCUT2D eigenvalue weighted by Crippen LogP contribution is 2.29. The second kappa shape index (κ2) is 6.64. The molecule has 1 unspecified atom stereocenters. The van der Waals surface area contributed by atoms with E-state index in [1.165, 1.54) is 16.7 Å². The van der Waals surface area contributed by atoms with Gasteiger partial charge in [-0.15, -0.1) is 0 Å². The molecule has 4 rings (SSSR count). The molecule has 4 nitrogen and oxygen atoms in total. The summed E-state index contributed by atoms with van der Waals surface area (Å²) in [7, 11) is 2.08. The molecule has 4 aromatic rings. The Morgan fingerprint density at radius 2 is 1.81 bits per heavy atom. The van der Waals surface area contributed by atoms with E-state index in [1.54, 1.807) is 0 Å². The van der Waals surface area contributed by atoms with Crippen molar-refractivity contribution >= 4 is 11.3 Å². The van der Waals surface area contributed by atoms with Crippen LogP contribution in [0.5, 0.6) is 0 Å². The van der Waals surface area contributed by atoms with Crippen LogP contribution in [0.2, 0.25) is 0 Å². The number of aryl methyl sites for hydroxylation is 1. The van der Waals surface area contributed by atoms with Crippen molar-refractivity contribution in [2.24, 2.45) is 0 Å². The molecule has 0 fully saturated rings. The van der Waals surface area contributed by atoms with Crippen molar-refractivity contribution < 1.29 is 0 Å². The molecule has 0 saturated carbocycles. The topological polar surface area (TPSA) is 33.4 Å². The summed E-state index contributed by atoms with van der Waals surface area (Å²) >= 11 is 0. The number of pyridine rings is 2. The van der Waals surface area contributed by atoms with Crippen LogP contribution >= 0.6 is 0 Å². The van der Waals surface area contributed by atoms with Gasteiger partial charge < -0.3 is 4.90 Å². The summed E-state index contributed by atoms with van der Waals surface area (Å²) in [6.07, 6.45) is 5.88. The van der Waals surface area contributed by atoms with Crippen LogP contribution in [0.4, 0.5) is 5.82 Å². The summed E-state index contributed by atoms with van der Waals surface area (Å²) in [5, 5.41) is 4.50. The van der Waals surface area contributed by atoms with Crippen molar-refractivity contribution in [3.05, 3.63) is 84.3 Å². The van der Waals surface area contributed by atoms with Gasteiger partial charge in [-0.05, 0) is 48.7 Å². The van der Waals surface area contributed by atoms with E-state index in [0.29, 0.717) is 0 Å². The minimum atomic E-state index is 0.203. The Morgan fingerprint density at radius 3 is 2.54 bits per heavy atom. The van der Waals surface area contributed by atoms with E-state index in [1.807, 2.05) is 29.2 Å². The molecule has 0 N–H and O–H groups in total. The van der Waals surface area contributed by atoms with Crippen LogP contribution in [0.3, 0.4) is 0 Å². The zero-order valence-electron chi connectivity index (χ0n) is 15.3. The maximum absolute atomic E-state index is 4.55. The molecular weight excluding hydrogens is 320 g/mol. The highest BCUT2D eigenvalue weighted by Gasteiger charge is 2.15. The minimum absolute atomic E-state index is 0.203. The Kier molecular flexibility index (Phi) is 4.17. The molecular formula is C22H22N4. The lowest BCUT2D eigenvalue weighted by atomic mass is 10.0. The maximum Gasteiger partial charge on any atom is 0.128 e. The molecule has 0 bridgehead atoms. The van der Waals surface area contributed by atoms with Crippen molar-refractivity contribution in [2.45, 2.75) is 19.9 Å². The fourth-order valence-electron chi connectivity index (χ4n) is 3.19. The third-order valence-corrected chi connectivity index (χ3v) is 4.95. The van der Waals surface area contributed by atoms with Crippen LogP contribution in [0.25, 0.3) is 16.6 Å². The lowest BCUT2D eigenvalue weighted by Crippen LogP contribution is -2.22. The Bertz CT molecular complexity index is 1020. The Morgan fingerprint density at radius 1 is 1.00 bits per heavy atom. The number of benzene rings is 1. The lowest BCUT2D eigenvalue weighted by Gasteiger charge is -2.26. The van der Waals surface area contributed by atoms with Crippen molar-refractivity contribution in [2.75, 3.05) is 11.9 Å². The van der Waals surface area contributed by atoms with Gasteiger partial charge in [-0.2, -0.15) is 5.10 Å². The molecule has 3 aromatic heterocycles. The summed E-state index contributed by atoms with van der Waals surface area (Å²) in [4.78, 5) is 6.75. The van der Waals surface area contributed by atoms with E-state index in [9.17, 15) is 0 Å². The summed E-state index contributed by atoms with van der Waals surface area (Å²) < 4.78 is 1.93. The third-order valence-electron chi connectivity index (χ3n) is 4.95. The normalized spacial score (nSPS) is 12.3. The lowest BCUT2D eigenvalue weighted by molar-refractivity contribution is 0.726. The standard InChI is InChI=1S/C22H22N4/c1-16-9-10-22(23-14-16)25(3)17(2)19-11-12-26-21(13-19)20(15-24-26)18-7-5-4-6-8-18/h4-15,17H,1-3H3. The molecule has 0 aliphatic rings. The van der Waals surface area contributed by atoms with Gasteiger partial charge in [0.1, 0.15) is 5.82 Å². The molecule has 0 aliphatic heterocycles. The average Bonchev–Trinajstić information content (AvgIpc) is 3.11. The first-order chi connectivity index (χ1) is 12.6. The molecule has 130 valence electrons. The van der Waals surface area contributed by atoms with Gasteiger partial charge in [-0.3, -0.25) is 0 Å². The van der Waals surface area contributed by atoms with Gasteiger partial charge in [-0.25, -0.2) is 9.50 Å². The molecule has 0 radical (unpaired) electrons. The SMILES string of the molecule is Cc1ccc(N(C)C(C)c2ccn3ncc(-c4ccccc4)c3c2)nc1. The van der Waals surface area contributed by atoms with Crippen LogP contribution in [-0.4, -0.2) is 21.6 Å². The van der Waals surface area contributed by atoms with Crippen molar-refractivity contribution in [1.29, 1.82) is 0 Å². The summed E-state index contributed by atoms with van der Waals surface area (Å²) in [5.41, 5.74) is 5.85. The summed E-state index contributed by atoms with van der Waals surface area (Å²) in [6, 6.07) is 19.1. The predicted octanol–water partition coefficient (Wildman–Crippen LogP) is 4.90. The van der Waals surface area contributed by atoms with Crippen LogP contribution in [-0.2, 0) is 0 Å². The molecule has 1 aromatic carbocycles. The Hall–Kier alpha value is -3.14. The summed E-state index contributed by atoms with van der Waals surface area (Å²) in [5.74, 6) is 0.972. The number of aromatic nitrogens is 3. The van der Waals surface area contributed by atoms with Crippen molar-refractivity contribution in [3.8, 4) is 11.1 Å². The zero-order valence-corrected chi connectivity index (χ0v) is 15.3. The van der Waals surface area contributed by atoms with Crippen LogP contribution in [0.1, 0.15) is 24.1 Å². The van der Waals surface area contributed by atoms with Crippen LogP contribution in [0.15, 0.2) is 73.2 Å². The second-order valence-electron chi connectivity index (χ2n) is 6.69. The molecule has 3 heterocycles. The second-order valence-corrected chi connectivity index (χ2v) is 6.69. The molecule has 0 aliphatic carbocycles. The summed E-state index contributed by atoms with van der Waals surface area (Å²) in [6.45, 7) is 4.25. The van der Waals surface area contributed by atoms with E-state index < -0.39 is 0 Å². The molecule has 26 heavy (non-hydrogen) atoms. The van der Waals surface area contributed by atoms with Gasteiger partial charge >= 0.3 is 0 Å². The number of nitrogens with zero attached hydrogens (tertiary/aromatic N) is 4. The van der Waals surface area contributed by atoms with E-state index in [0.717, 1.165) is 16.9 Å². The number of anilines is 1. The zero-order chi connectivity index (χ0) is 18.1. The quantitative estimate of drug-likeness (QED) is 0.529. The molecule has 1 atom stereocenters. The monoisotopic (exact) mass is 342 g/mol. The maximum atomic E-state index is 4.55. The average molecular weight is 342 g/mol. The molecule has 0 amide bonds. The van der Waals surface area contributed by atoms with Gasteiger partial charge in [0.2, 0.25) is 0 Å². The Balaban J connectivity index is 1.71. The largest absolute Gasteiger partial charge is 0.353 e. The van der Waals surface area contributed by atoms with Crippen LogP contribution < -0.4 is 4.90 Å².